The molecule has 5 aromatic carbocycles. The summed E-state index contributed by atoms with van der Waals surface area (Å²) >= 11 is 0. The number of hydrogen-bond donors (Lipinski definition) is 2. The molecule has 0 spiro atoms. The molecule has 5 nitrogen and oxygen atoms in total. The molecule has 0 radical (unpaired) electrons. The average Bonchev–Trinajstić information content (AvgIpc) is 3.74. The van der Waals surface area contributed by atoms with Gasteiger partial charge in [0.15, 0.2) is 0 Å². The van der Waals surface area contributed by atoms with Crippen LogP contribution >= 0.6 is 0 Å². The second-order valence-electron chi connectivity index (χ2n) is 12.6. The van der Waals surface area contributed by atoms with Crippen molar-refractivity contribution in [2.24, 2.45) is 4.99 Å². The smallest absolute Gasteiger partial charge is 0.229 e. The minimum atomic E-state index is -0.102. The molecule has 0 atom stereocenters. The van der Waals surface area contributed by atoms with Gasteiger partial charge in [-0.05, 0) is 76.3 Å². The molecule has 1 aliphatic carbocycles. The lowest BCUT2D eigenvalue weighted by Crippen LogP contribution is -2.18. The molecule has 0 saturated carbocycles. The lowest BCUT2D eigenvalue weighted by atomic mass is 9.81. The molecule has 0 unspecified atom stereocenters. The van der Waals surface area contributed by atoms with E-state index in [1.807, 2.05) is 29.0 Å². The molecule has 2 N–H and O–H groups in total. The van der Waals surface area contributed by atoms with Crippen LogP contribution in [0.15, 0.2) is 145 Å². The number of rotatable bonds is 2. The van der Waals surface area contributed by atoms with Gasteiger partial charge in [0.2, 0.25) is 5.96 Å². The Morgan fingerprint density at radius 3 is 2.30 bits per heavy atom. The number of nitrogens with one attached hydrogen (secondary N) is 2. The van der Waals surface area contributed by atoms with Crippen LogP contribution in [0.1, 0.15) is 25.0 Å². The molecule has 0 saturated heterocycles. The fourth-order valence-corrected chi connectivity index (χ4v) is 7.49. The number of fused-ring (bicyclic) bond motifs is 8. The first-order valence-electron chi connectivity index (χ1n) is 15.7. The molecule has 0 bridgehead atoms. The maximum atomic E-state index is 9.50. The van der Waals surface area contributed by atoms with Crippen LogP contribution in [0.4, 0.5) is 0 Å². The lowest BCUT2D eigenvalue weighted by molar-refractivity contribution is 0.660. The van der Waals surface area contributed by atoms with Crippen molar-refractivity contribution in [3.63, 3.8) is 0 Å². The van der Waals surface area contributed by atoms with E-state index < -0.39 is 0 Å². The first kappa shape index (κ1) is 26.5. The summed E-state index contributed by atoms with van der Waals surface area (Å²) in [5, 5.41) is 12.8. The molecule has 3 aromatic heterocycles. The van der Waals surface area contributed by atoms with Crippen LogP contribution in [0.25, 0.3) is 60.6 Å². The fraction of sp³-hybridized carbons (Fsp3) is 0.0732. The first-order chi connectivity index (χ1) is 22.5. The van der Waals surface area contributed by atoms with Gasteiger partial charge in [0.1, 0.15) is 5.49 Å². The Kier molecular flexibility index (Phi) is 5.63. The fourth-order valence-electron chi connectivity index (χ4n) is 7.49. The quantitative estimate of drug-likeness (QED) is 0.148. The Balaban J connectivity index is 1.23. The van der Waals surface area contributed by atoms with Crippen molar-refractivity contribution in [1.82, 2.24) is 14.1 Å². The molecule has 1 aliphatic rings. The standard InChI is InChI=1S/C41H31N5/c1-41(2)34-16-8-6-13-29(34)30-19-18-26(25-35(30)41)28-15-10-23-43-39(28)44-40(42)46-37-17-9-7-14-31(37)32-20-21-36-33(38(32)46)22-24-45(36)27-11-4-3-5-12-27/h3-25H,1-2H3,(H2,42,43,44). The third kappa shape index (κ3) is 3.75. The second kappa shape index (κ2) is 9.78. The number of aromatic nitrogens is 3. The van der Waals surface area contributed by atoms with Gasteiger partial charge in [0.05, 0.1) is 16.6 Å². The molecule has 3 heterocycles. The summed E-state index contributed by atoms with van der Waals surface area (Å²) in [4.78, 5) is 8.37. The highest BCUT2D eigenvalue weighted by atomic mass is 15.2. The number of hydrogen-bond acceptors (Lipinski definition) is 1. The van der Waals surface area contributed by atoms with Gasteiger partial charge in [-0.3, -0.25) is 9.98 Å². The number of pyridine rings is 1. The van der Waals surface area contributed by atoms with E-state index in [4.69, 9.17) is 4.99 Å². The number of para-hydroxylation sites is 2. The van der Waals surface area contributed by atoms with Gasteiger partial charge in [-0.2, -0.15) is 4.99 Å². The minimum absolute atomic E-state index is 0.102. The van der Waals surface area contributed by atoms with E-state index in [9.17, 15) is 5.41 Å². The predicted octanol–water partition coefficient (Wildman–Crippen LogP) is 9.42. The van der Waals surface area contributed by atoms with Crippen LogP contribution in [-0.2, 0) is 5.41 Å². The highest BCUT2D eigenvalue weighted by Crippen LogP contribution is 2.49. The largest absolute Gasteiger partial charge is 0.346 e. The zero-order chi connectivity index (χ0) is 31.0. The highest BCUT2D eigenvalue weighted by Gasteiger charge is 2.35. The number of benzene rings is 5. The summed E-state index contributed by atoms with van der Waals surface area (Å²) in [6, 6.07) is 44.7. The Hall–Kier alpha value is -5.94. The number of H-pyrrole nitrogens is 1. The Morgan fingerprint density at radius 2 is 1.41 bits per heavy atom. The topological polar surface area (TPSA) is 61.9 Å². The Labute approximate surface area is 266 Å². The van der Waals surface area contributed by atoms with Crippen molar-refractivity contribution in [2.45, 2.75) is 19.3 Å². The molecule has 220 valence electrons. The van der Waals surface area contributed by atoms with Crippen molar-refractivity contribution in [3.8, 4) is 27.9 Å². The molecule has 0 amide bonds. The van der Waals surface area contributed by atoms with Crippen molar-refractivity contribution in [1.29, 1.82) is 5.41 Å². The highest BCUT2D eigenvalue weighted by molar-refractivity contribution is 6.21. The maximum Gasteiger partial charge on any atom is 0.229 e. The van der Waals surface area contributed by atoms with E-state index in [-0.39, 0.29) is 11.4 Å². The van der Waals surface area contributed by atoms with Crippen LogP contribution < -0.4 is 5.49 Å². The zero-order valence-electron chi connectivity index (χ0n) is 25.6. The van der Waals surface area contributed by atoms with E-state index in [0.29, 0.717) is 5.49 Å². The second-order valence-corrected chi connectivity index (χ2v) is 12.6. The SMILES string of the molecule is CC1(C)c2ccccc2-c2ccc(-c3ccc[nH]/c3=N\C(=N)n3c4ccccc4c4ccc5c(ccn5-c5ccccc5)c43)cc21. The van der Waals surface area contributed by atoms with E-state index in [2.05, 4.69) is 139 Å². The summed E-state index contributed by atoms with van der Waals surface area (Å²) in [5.74, 6) is 0.156. The summed E-state index contributed by atoms with van der Waals surface area (Å²) in [6.45, 7) is 4.60. The van der Waals surface area contributed by atoms with Crippen molar-refractivity contribution in [2.75, 3.05) is 0 Å². The molecule has 8 aromatic rings. The van der Waals surface area contributed by atoms with Crippen LogP contribution in [0, 0.1) is 5.41 Å². The summed E-state index contributed by atoms with van der Waals surface area (Å²) in [6.07, 6.45) is 3.99. The average molecular weight is 594 g/mol. The van der Waals surface area contributed by atoms with Gasteiger partial charge >= 0.3 is 0 Å². The lowest BCUT2D eigenvalue weighted by Gasteiger charge is -2.22. The van der Waals surface area contributed by atoms with Crippen molar-refractivity contribution in [3.05, 3.63) is 156 Å². The predicted molar refractivity (Wildman–Crippen MR) is 189 cm³/mol. The maximum absolute atomic E-state index is 9.50. The minimum Gasteiger partial charge on any atom is -0.346 e. The third-order valence-corrected chi connectivity index (χ3v) is 9.70. The molecule has 5 heteroatoms. The summed E-state index contributed by atoms with van der Waals surface area (Å²) in [5.41, 5.74) is 12.0. The van der Waals surface area contributed by atoms with Crippen LogP contribution in [0.5, 0.6) is 0 Å². The van der Waals surface area contributed by atoms with Gasteiger partial charge in [0.25, 0.3) is 0 Å². The van der Waals surface area contributed by atoms with Gasteiger partial charge in [-0.15, -0.1) is 0 Å². The summed E-state index contributed by atoms with van der Waals surface area (Å²) in [7, 11) is 0. The first-order valence-corrected chi connectivity index (χ1v) is 15.7. The van der Waals surface area contributed by atoms with E-state index >= 15 is 0 Å². The summed E-state index contributed by atoms with van der Waals surface area (Å²) < 4.78 is 4.20. The third-order valence-electron chi connectivity index (χ3n) is 9.70. The van der Waals surface area contributed by atoms with Crippen LogP contribution in [0.2, 0.25) is 0 Å². The van der Waals surface area contributed by atoms with Gasteiger partial charge in [-0.25, -0.2) is 0 Å². The monoisotopic (exact) mass is 593 g/mol. The van der Waals surface area contributed by atoms with E-state index in [0.717, 1.165) is 49.5 Å². The van der Waals surface area contributed by atoms with E-state index in [1.54, 1.807) is 0 Å². The van der Waals surface area contributed by atoms with Crippen molar-refractivity contribution < 1.29 is 0 Å². The van der Waals surface area contributed by atoms with Gasteiger partial charge in [0, 0.05) is 45.2 Å². The molecule has 9 rings (SSSR count). The van der Waals surface area contributed by atoms with Crippen LogP contribution in [-0.4, -0.2) is 20.1 Å². The van der Waals surface area contributed by atoms with Gasteiger partial charge in [-0.1, -0.05) is 92.7 Å². The Bertz CT molecular complexity index is 2580. The molecular weight excluding hydrogens is 562 g/mol. The molecule has 46 heavy (non-hydrogen) atoms. The van der Waals surface area contributed by atoms with Gasteiger partial charge < -0.3 is 9.55 Å². The molecule has 0 fully saturated rings. The van der Waals surface area contributed by atoms with Crippen molar-refractivity contribution >= 4 is 38.7 Å². The Morgan fingerprint density at radius 1 is 0.652 bits per heavy atom. The number of aromatic amines is 1. The normalized spacial score (nSPS) is 13.8. The molecular formula is C41H31N5. The zero-order valence-corrected chi connectivity index (χ0v) is 25.6. The molecule has 0 aliphatic heterocycles. The number of nitrogens with zero attached hydrogens (tertiary/aromatic N) is 3. The van der Waals surface area contributed by atoms with Crippen LogP contribution in [0.3, 0.4) is 0 Å². The van der Waals surface area contributed by atoms with E-state index in [1.165, 1.54) is 22.3 Å².